The van der Waals surface area contributed by atoms with Gasteiger partial charge in [-0.2, -0.15) is 4.57 Å². The van der Waals surface area contributed by atoms with E-state index in [-0.39, 0.29) is 12.3 Å². The van der Waals surface area contributed by atoms with E-state index in [0.717, 1.165) is 20.9 Å². The number of carbonyl (C=O) groups is 1. The number of phenolic OH excluding ortho intramolecular Hbond substituents is 1. The van der Waals surface area contributed by atoms with E-state index in [4.69, 9.17) is 0 Å². The van der Waals surface area contributed by atoms with Gasteiger partial charge in [-0.15, -0.1) is 0 Å². The van der Waals surface area contributed by atoms with Crippen LogP contribution in [0.3, 0.4) is 0 Å². The Hall–Kier alpha value is -2.86. The van der Waals surface area contributed by atoms with Crippen molar-refractivity contribution in [2.75, 3.05) is 19.0 Å². The van der Waals surface area contributed by atoms with Crippen LogP contribution in [-0.2, 0) is 11.3 Å². The van der Waals surface area contributed by atoms with E-state index in [1.165, 1.54) is 11.3 Å². The van der Waals surface area contributed by atoms with Gasteiger partial charge in [0.1, 0.15) is 16.4 Å². The number of aromatic hydroxyl groups is 1. The quantitative estimate of drug-likeness (QED) is 0.711. The highest BCUT2D eigenvalue weighted by Gasteiger charge is 2.18. The average Bonchev–Trinajstić information content (AvgIpc) is 2.91. The number of carboxylic acid groups (broad SMARTS) is 1. The van der Waals surface area contributed by atoms with Gasteiger partial charge in [-0.05, 0) is 24.3 Å². The zero-order valence-corrected chi connectivity index (χ0v) is 14.8. The van der Waals surface area contributed by atoms with Crippen LogP contribution in [0.15, 0.2) is 42.5 Å². The number of fused-ring (bicyclic) bond motifs is 1. The van der Waals surface area contributed by atoms with E-state index in [2.05, 4.69) is 0 Å². The lowest BCUT2D eigenvalue weighted by Crippen LogP contribution is -2.44. The highest BCUT2D eigenvalue weighted by molar-refractivity contribution is 7.18. The molecule has 0 saturated heterocycles. The van der Waals surface area contributed by atoms with E-state index < -0.39 is 5.97 Å². The SMILES string of the molecule is CN(C)c1ccc(C=Cc2sc3ccccc3[n+]2CC(=O)[O-])c(O)c1. The zero-order chi connectivity index (χ0) is 18.0. The fourth-order valence-corrected chi connectivity index (χ4v) is 3.65. The fraction of sp³-hybridized carbons (Fsp3) is 0.158. The third-order valence-electron chi connectivity index (χ3n) is 3.86. The molecule has 3 aromatic rings. The second kappa shape index (κ2) is 6.94. The minimum absolute atomic E-state index is 0.176. The van der Waals surface area contributed by atoms with Crippen molar-refractivity contribution in [3.8, 4) is 5.75 Å². The Kier molecular flexibility index (Phi) is 4.72. The zero-order valence-electron chi connectivity index (χ0n) is 14.0. The molecule has 1 heterocycles. The predicted molar refractivity (Wildman–Crippen MR) is 98.4 cm³/mol. The largest absolute Gasteiger partial charge is 0.544 e. The minimum Gasteiger partial charge on any atom is -0.544 e. The molecule has 1 aromatic heterocycles. The summed E-state index contributed by atoms with van der Waals surface area (Å²) in [6.45, 7) is -0.213. The van der Waals surface area contributed by atoms with Crippen molar-refractivity contribution in [1.29, 1.82) is 0 Å². The van der Waals surface area contributed by atoms with Crippen molar-refractivity contribution in [3.05, 3.63) is 53.0 Å². The standard InChI is InChI=1S/C19H18N2O3S/c1-20(2)14-9-7-13(16(22)11-14)8-10-18-21(12-19(23)24)15-5-3-4-6-17(15)25-18/h3-11H,12H2,1-2H3,(H,23,24). The molecule has 0 spiro atoms. The van der Waals surface area contributed by atoms with Crippen LogP contribution < -0.4 is 14.6 Å². The first kappa shape index (κ1) is 17.0. The van der Waals surface area contributed by atoms with Crippen molar-refractivity contribution in [2.24, 2.45) is 0 Å². The number of hydrogen-bond acceptors (Lipinski definition) is 5. The van der Waals surface area contributed by atoms with Gasteiger partial charge in [-0.1, -0.05) is 23.5 Å². The summed E-state index contributed by atoms with van der Waals surface area (Å²) in [5.74, 6) is -0.962. The molecule has 0 fully saturated rings. The lowest BCUT2D eigenvalue weighted by molar-refractivity contribution is -0.663. The molecule has 25 heavy (non-hydrogen) atoms. The predicted octanol–water partition coefficient (Wildman–Crippen LogP) is 1.88. The molecule has 3 rings (SSSR count). The fourth-order valence-electron chi connectivity index (χ4n) is 2.58. The maximum atomic E-state index is 11.1. The van der Waals surface area contributed by atoms with E-state index in [1.54, 1.807) is 16.7 Å². The van der Waals surface area contributed by atoms with Crippen LogP contribution in [0.1, 0.15) is 10.6 Å². The summed E-state index contributed by atoms with van der Waals surface area (Å²) in [6, 6.07) is 13.1. The van der Waals surface area contributed by atoms with Crippen LogP contribution in [0.4, 0.5) is 5.69 Å². The average molecular weight is 354 g/mol. The topological polar surface area (TPSA) is 67.5 Å². The van der Waals surface area contributed by atoms with Crippen molar-refractivity contribution in [3.63, 3.8) is 0 Å². The highest BCUT2D eigenvalue weighted by atomic mass is 32.1. The molecule has 5 nitrogen and oxygen atoms in total. The third kappa shape index (κ3) is 3.64. The number of nitrogens with zero attached hydrogens (tertiary/aromatic N) is 2. The molecule has 128 valence electrons. The third-order valence-corrected chi connectivity index (χ3v) is 4.99. The molecule has 0 bridgehead atoms. The Morgan fingerprint density at radius 3 is 2.68 bits per heavy atom. The first-order chi connectivity index (χ1) is 12.0. The second-order valence-electron chi connectivity index (χ2n) is 5.84. The Morgan fingerprint density at radius 2 is 2.00 bits per heavy atom. The molecule has 0 aliphatic heterocycles. The molecule has 6 heteroatoms. The molecule has 0 saturated carbocycles. The minimum atomic E-state index is -1.14. The van der Waals surface area contributed by atoms with Gasteiger partial charge in [0, 0.05) is 43.6 Å². The van der Waals surface area contributed by atoms with Gasteiger partial charge in [0.15, 0.2) is 6.54 Å². The summed E-state index contributed by atoms with van der Waals surface area (Å²) in [6.07, 6.45) is 3.60. The lowest BCUT2D eigenvalue weighted by Gasteiger charge is -2.13. The summed E-state index contributed by atoms with van der Waals surface area (Å²) < 4.78 is 2.70. The van der Waals surface area contributed by atoms with Crippen LogP contribution in [0.25, 0.3) is 22.4 Å². The number of phenols is 1. The van der Waals surface area contributed by atoms with Gasteiger partial charge in [0.2, 0.25) is 5.52 Å². The van der Waals surface area contributed by atoms with Gasteiger partial charge in [-0.3, -0.25) is 0 Å². The van der Waals surface area contributed by atoms with E-state index in [1.807, 2.05) is 61.5 Å². The Labute approximate surface area is 149 Å². The monoisotopic (exact) mass is 354 g/mol. The maximum Gasteiger partial charge on any atom is 0.263 e. The summed E-state index contributed by atoms with van der Waals surface area (Å²) >= 11 is 1.49. The maximum absolute atomic E-state index is 11.1. The number of rotatable bonds is 5. The first-order valence-corrected chi connectivity index (χ1v) is 8.57. The van der Waals surface area contributed by atoms with Crippen molar-refractivity contribution in [1.82, 2.24) is 0 Å². The summed E-state index contributed by atoms with van der Waals surface area (Å²) in [4.78, 5) is 13.0. The van der Waals surface area contributed by atoms with Crippen molar-refractivity contribution >= 4 is 45.4 Å². The van der Waals surface area contributed by atoms with Gasteiger partial charge in [0.25, 0.3) is 5.01 Å². The number of benzene rings is 2. The van der Waals surface area contributed by atoms with Crippen LogP contribution >= 0.6 is 11.3 Å². The van der Waals surface area contributed by atoms with Crippen molar-refractivity contribution in [2.45, 2.75) is 6.54 Å². The number of hydrogen-bond donors (Lipinski definition) is 1. The summed E-state index contributed by atoms with van der Waals surface area (Å²) in [5.41, 5.74) is 2.43. The number of aromatic nitrogens is 1. The van der Waals surface area contributed by atoms with E-state index in [0.29, 0.717) is 5.56 Å². The lowest BCUT2D eigenvalue weighted by atomic mass is 10.1. The Morgan fingerprint density at radius 1 is 1.24 bits per heavy atom. The van der Waals surface area contributed by atoms with Gasteiger partial charge < -0.3 is 19.9 Å². The molecule has 0 amide bonds. The molecule has 0 aliphatic carbocycles. The first-order valence-electron chi connectivity index (χ1n) is 7.75. The van der Waals surface area contributed by atoms with Crippen LogP contribution in [0, 0.1) is 0 Å². The molecule has 1 N–H and O–H groups in total. The van der Waals surface area contributed by atoms with E-state index >= 15 is 0 Å². The van der Waals surface area contributed by atoms with Crippen LogP contribution in [0.2, 0.25) is 0 Å². The number of aliphatic carboxylic acids is 1. The number of anilines is 1. The molecule has 0 radical (unpaired) electrons. The van der Waals surface area contributed by atoms with Gasteiger partial charge in [0.05, 0.1) is 0 Å². The van der Waals surface area contributed by atoms with Crippen LogP contribution in [-0.4, -0.2) is 25.2 Å². The smallest absolute Gasteiger partial charge is 0.263 e. The number of thiazole rings is 1. The number of carboxylic acids is 1. The second-order valence-corrected chi connectivity index (χ2v) is 6.90. The molecular formula is C19H18N2O3S. The summed E-state index contributed by atoms with van der Waals surface area (Å²) in [7, 11) is 3.81. The molecule has 0 aliphatic rings. The van der Waals surface area contributed by atoms with E-state index in [9.17, 15) is 15.0 Å². The molecular weight excluding hydrogens is 336 g/mol. The molecule has 0 unspecified atom stereocenters. The Bertz CT molecular complexity index is 960. The Balaban J connectivity index is 2.00. The van der Waals surface area contributed by atoms with Gasteiger partial charge in [-0.25, -0.2) is 0 Å². The molecule has 2 aromatic carbocycles. The van der Waals surface area contributed by atoms with Crippen LogP contribution in [0.5, 0.6) is 5.75 Å². The number of para-hydroxylation sites is 1. The number of carbonyl (C=O) groups excluding carboxylic acids is 1. The van der Waals surface area contributed by atoms with Crippen molar-refractivity contribution < 1.29 is 19.6 Å². The normalized spacial score (nSPS) is 11.3. The molecule has 0 atom stereocenters. The highest BCUT2D eigenvalue weighted by Crippen LogP contribution is 2.26. The van der Waals surface area contributed by atoms with Gasteiger partial charge >= 0.3 is 0 Å². The summed E-state index contributed by atoms with van der Waals surface area (Å²) in [5, 5.41) is 22.1.